The van der Waals surface area contributed by atoms with E-state index in [2.05, 4.69) is 37.4 Å². The van der Waals surface area contributed by atoms with Crippen molar-refractivity contribution in [1.29, 1.82) is 0 Å². The molecule has 0 fully saturated rings. The third-order valence-corrected chi connectivity index (χ3v) is 5.66. The molecule has 32 heavy (non-hydrogen) atoms. The van der Waals surface area contributed by atoms with E-state index in [9.17, 15) is 4.79 Å². The van der Waals surface area contributed by atoms with Gasteiger partial charge in [0.25, 0.3) is 0 Å². The molecule has 2 heterocycles. The highest BCUT2D eigenvalue weighted by Crippen LogP contribution is 2.31. The summed E-state index contributed by atoms with van der Waals surface area (Å²) in [6, 6.07) is 15.6. The molecule has 6 heteroatoms. The SMILES string of the molecule is COc1ccc(NC(=O)Cc2c(-c3ccc(C)c(C)c3)nc3cc(C)ccn23)cc1OC. The van der Waals surface area contributed by atoms with Crippen LogP contribution in [0.25, 0.3) is 16.9 Å². The van der Waals surface area contributed by atoms with Gasteiger partial charge in [-0.3, -0.25) is 4.79 Å². The fourth-order valence-electron chi connectivity index (χ4n) is 3.76. The van der Waals surface area contributed by atoms with Crippen LogP contribution in [0.5, 0.6) is 11.5 Å². The van der Waals surface area contributed by atoms with Crippen LogP contribution >= 0.6 is 0 Å². The summed E-state index contributed by atoms with van der Waals surface area (Å²) in [5.74, 6) is 1.04. The van der Waals surface area contributed by atoms with Gasteiger partial charge in [0, 0.05) is 23.5 Å². The van der Waals surface area contributed by atoms with Crippen molar-refractivity contribution in [3.05, 3.63) is 77.1 Å². The van der Waals surface area contributed by atoms with Crippen molar-refractivity contribution in [2.45, 2.75) is 27.2 Å². The number of aryl methyl sites for hydroxylation is 3. The number of carbonyl (C=O) groups is 1. The zero-order chi connectivity index (χ0) is 22.8. The maximum absolute atomic E-state index is 13.0. The van der Waals surface area contributed by atoms with Crippen LogP contribution in [0.2, 0.25) is 0 Å². The summed E-state index contributed by atoms with van der Waals surface area (Å²) in [5.41, 5.74) is 7.68. The third-order valence-electron chi connectivity index (χ3n) is 5.66. The van der Waals surface area contributed by atoms with Gasteiger partial charge >= 0.3 is 0 Å². The number of ether oxygens (including phenoxy) is 2. The lowest BCUT2D eigenvalue weighted by Gasteiger charge is -2.11. The number of methoxy groups -OCH3 is 2. The molecule has 2 aromatic heterocycles. The molecule has 0 aliphatic rings. The molecular formula is C26H27N3O3. The summed E-state index contributed by atoms with van der Waals surface area (Å²) in [6.07, 6.45) is 2.15. The van der Waals surface area contributed by atoms with Gasteiger partial charge in [-0.1, -0.05) is 12.1 Å². The van der Waals surface area contributed by atoms with Crippen molar-refractivity contribution in [3.8, 4) is 22.8 Å². The van der Waals surface area contributed by atoms with Crippen LogP contribution < -0.4 is 14.8 Å². The Balaban J connectivity index is 1.70. The molecule has 0 aliphatic heterocycles. The molecule has 1 amide bonds. The van der Waals surface area contributed by atoms with Crippen LogP contribution in [0.3, 0.4) is 0 Å². The fourth-order valence-corrected chi connectivity index (χ4v) is 3.76. The number of pyridine rings is 1. The first-order valence-electron chi connectivity index (χ1n) is 10.5. The number of imidazole rings is 1. The lowest BCUT2D eigenvalue weighted by Crippen LogP contribution is -2.16. The monoisotopic (exact) mass is 429 g/mol. The van der Waals surface area contributed by atoms with E-state index in [0.717, 1.165) is 28.2 Å². The van der Waals surface area contributed by atoms with E-state index in [1.807, 2.05) is 29.7 Å². The molecule has 4 rings (SSSR count). The summed E-state index contributed by atoms with van der Waals surface area (Å²) < 4.78 is 12.6. The van der Waals surface area contributed by atoms with Crippen LogP contribution in [0.4, 0.5) is 5.69 Å². The second-order valence-electron chi connectivity index (χ2n) is 7.93. The number of hydrogen-bond donors (Lipinski definition) is 1. The Morgan fingerprint density at radius 2 is 1.72 bits per heavy atom. The molecule has 6 nitrogen and oxygen atoms in total. The van der Waals surface area contributed by atoms with E-state index in [4.69, 9.17) is 14.5 Å². The number of anilines is 1. The second kappa shape index (κ2) is 8.75. The summed E-state index contributed by atoms with van der Waals surface area (Å²) in [4.78, 5) is 17.9. The first kappa shape index (κ1) is 21.4. The Morgan fingerprint density at radius 1 is 0.938 bits per heavy atom. The van der Waals surface area contributed by atoms with Crippen molar-refractivity contribution >= 4 is 17.2 Å². The number of hydrogen-bond acceptors (Lipinski definition) is 4. The number of nitrogens with one attached hydrogen (secondary N) is 1. The smallest absolute Gasteiger partial charge is 0.230 e. The van der Waals surface area contributed by atoms with E-state index in [0.29, 0.717) is 17.2 Å². The predicted molar refractivity (Wildman–Crippen MR) is 127 cm³/mol. The number of carbonyl (C=O) groups excluding carboxylic acids is 1. The first-order valence-corrected chi connectivity index (χ1v) is 10.5. The number of aromatic nitrogens is 2. The average molecular weight is 430 g/mol. The van der Waals surface area contributed by atoms with Crippen LogP contribution in [0, 0.1) is 20.8 Å². The van der Waals surface area contributed by atoms with E-state index < -0.39 is 0 Å². The fraction of sp³-hybridized carbons (Fsp3) is 0.231. The first-order chi connectivity index (χ1) is 15.4. The van der Waals surface area contributed by atoms with Gasteiger partial charge in [0.2, 0.25) is 5.91 Å². The normalized spacial score (nSPS) is 10.9. The van der Waals surface area contributed by atoms with Gasteiger partial charge < -0.3 is 19.2 Å². The second-order valence-corrected chi connectivity index (χ2v) is 7.93. The van der Waals surface area contributed by atoms with Crippen molar-refractivity contribution in [2.75, 3.05) is 19.5 Å². The lowest BCUT2D eigenvalue weighted by atomic mass is 10.0. The van der Waals surface area contributed by atoms with Gasteiger partial charge in [-0.05, 0) is 67.8 Å². The number of fused-ring (bicyclic) bond motifs is 1. The minimum Gasteiger partial charge on any atom is -0.493 e. The molecule has 0 saturated carbocycles. The largest absolute Gasteiger partial charge is 0.493 e. The van der Waals surface area contributed by atoms with Gasteiger partial charge in [0.1, 0.15) is 5.65 Å². The van der Waals surface area contributed by atoms with Crippen molar-refractivity contribution in [3.63, 3.8) is 0 Å². The molecule has 4 aromatic rings. The van der Waals surface area contributed by atoms with Crippen LogP contribution in [-0.4, -0.2) is 29.5 Å². The van der Waals surface area contributed by atoms with Gasteiger partial charge in [-0.2, -0.15) is 0 Å². The standard InChI is InChI=1S/C26H27N3O3/c1-16-10-11-29-21(15-25(30)27-20-8-9-22(31-4)23(14-20)32-5)26(28-24(29)12-16)19-7-6-17(2)18(3)13-19/h6-14H,15H2,1-5H3,(H,27,30). The van der Waals surface area contributed by atoms with E-state index in [1.165, 1.54) is 11.1 Å². The Bertz CT molecular complexity index is 1310. The molecule has 0 atom stereocenters. The van der Waals surface area contributed by atoms with Crippen molar-refractivity contribution in [1.82, 2.24) is 9.38 Å². The number of benzene rings is 2. The Morgan fingerprint density at radius 3 is 2.44 bits per heavy atom. The summed E-state index contributed by atoms with van der Waals surface area (Å²) in [7, 11) is 3.15. The lowest BCUT2D eigenvalue weighted by molar-refractivity contribution is -0.115. The Kier molecular flexibility index (Phi) is 5.86. The topological polar surface area (TPSA) is 64.9 Å². The predicted octanol–water partition coefficient (Wildman–Crippen LogP) is 5.12. The molecule has 0 saturated heterocycles. The van der Waals surface area contributed by atoms with Gasteiger partial charge in [0.15, 0.2) is 11.5 Å². The van der Waals surface area contributed by atoms with Crippen LogP contribution in [0.1, 0.15) is 22.4 Å². The highest BCUT2D eigenvalue weighted by molar-refractivity contribution is 5.93. The zero-order valence-corrected chi connectivity index (χ0v) is 19.0. The van der Waals surface area contributed by atoms with E-state index in [-0.39, 0.29) is 12.3 Å². The maximum atomic E-state index is 13.0. The molecule has 1 N–H and O–H groups in total. The van der Waals surface area contributed by atoms with E-state index in [1.54, 1.807) is 32.4 Å². The Labute approximate surface area is 187 Å². The molecule has 164 valence electrons. The average Bonchev–Trinajstić information content (AvgIpc) is 3.12. The van der Waals surface area contributed by atoms with Gasteiger partial charge in [0.05, 0.1) is 32.0 Å². The molecular weight excluding hydrogens is 402 g/mol. The number of rotatable bonds is 6. The number of nitrogens with zero attached hydrogens (tertiary/aromatic N) is 2. The maximum Gasteiger partial charge on any atom is 0.230 e. The van der Waals surface area contributed by atoms with Crippen LogP contribution in [0.15, 0.2) is 54.7 Å². The van der Waals surface area contributed by atoms with Gasteiger partial charge in [-0.15, -0.1) is 0 Å². The highest BCUT2D eigenvalue weighted by atomic mass is 16.5. The minimum absolute atomic E-state index is 0.135. The quantitative estimate of drug-likeness (QED) is 0.462. The van der Waals surface area contributed by atoms with Crippen molar-refractivity contribution < 1.29 is 14.3 Å². The highest BCUT2D eigenvalue weighted by Gasteiger charge is 2.18. The molecule has 0 unspecified atom stereocenters. The molecule has 0 bridgehead atoms. The summed E-state index contributed by atoms with van der Waals surface area (Å²) in [5, 5.41) is 2.97. The van der Waals surface area contributed by atoms with Crippen molar-refractivity contribution in [2.24, 2.45) is 0 Å². The number of amides is 1. The summed E-state index contributed by atoms with van der Waals surface area (Å²) in [6.45, 7) is 6.21. The van der Waals surface area contributed by atoms with Gasteiger partial charge in [-0.25, -0.2) is 4.98 Å². The molecule has 0 aliphatic carbocycles. The summed E-state index contributed by atoms with van der Waals surface area (Å²) >= 11 is 0. The minimum atomic E-state index is -0.135. The van der Waals surface area contributed by atoms with Crippen LogP contribution in [-0.2, 0) is 11.2 Å². The van der Waals surface area contributed by atoms with E-state index >= 15 is 0 Å². The Hall–Kier alpha value is -3.80. The molecule has 0 radical (unpaired) electrons. The molecule has 2 aromatic carbocycles. The third kappa shape index (κ3) is 4.17. The zero-order valence-electron chi connectivity index (χ0n) is 19.0. The molecule has 0 spiro atoms.